The van der Waals surface area contributed by atoms with Crippen molar-refractivity contribution in [3.05, 3.63) is 63.7 Å². The van der Waals surface area contributed by atoms with Crippen LogP contribution in [0.15, 0.2) is 36.4 Å². The number of fused-ring (bicyclic) bond motifs is 1. The summed E-state index contributed by atoms with van der Waals surface area (Å²) in [4.78, 5) is 50.5. The molecule has 0 aliphatic carbocycles. The number of hydrogen-bond acceptors (Lipinski definition) is 5. The largest absolute Gasteiger partial charge is 0.478 e. The summed E-state index contributed by atoms with van der Waals surface area (Å²) in [6.45, 7) is 0.790. The predicted octanol–water partition coefficient (Wildman–Crippen LogP) is 3.07. The van der Waals surface area contributed by atoms with Crippen molar-refractivity contribution in [1.82, 2.24) is 4.90 Å². The van der Waals surface area contributed by atoms with Gasteiger partial charge in [0.25, 0.3) is 17.7 Å². The number of aromatic carboxylic acids is 1. The van der Waals surface area contributed by atoms with Gasteiger partial charge in [-0.15, -0.1) is 0 Å². The van der Waals surface area contributed by atoms with Gasteiger partial charge in [0, 0.05) is 17.2 Å². The van der Waals surface area contributed by atoms with Crippen LogP contribution in [0, 0.1) is 0 Å². The summed E-state index contributed by atoms with van der Waals surface area (Å²) in [5.74, 6) is -2.74. The molecule has 2 heterocycles. The van der Waals surface area contributed by atoms with Crippen LogP contribution in [0.25, 0.3) is 0 Å². The van der Waals surface area contributed by atoms with Crippen LogP contribution in [0.1, 0.15) is 54.3 Å². The summed E-state index contributed by atoms with van der Waals surface area (Å²) in [5, 5.41) is 12.0. The molecule has 4 rings (SSSR count). The van der Waals surface area contributed by atoms with Crippen molar-refractivity contribution in [2.75, 3.05) is 18.5 Å². The molecule has 0 spiro atoms. The fraction of sp³-hybridized carbons (Fsp3) is 0.238. The van der Waals surface area contributed by atoms with Crippen LogP contribution in [-0.2, 0) is 4.74 Å². The minimum absolute atomic E-state index is 0.0305. The van der Waals surface area contributed by atoms with E-state index in [9.17, 15) is 24.3 Å². The van der Waals surface area contributed by atoms with Gasteiger partial charge in [-0.25, -0.2) is 4.79 Å². The molecule has 1 unspecified atom stereocenters. The van der Waals surface area contributed by atoms with Gasteiger partial charge in [-0.05, 0) is 49.2 Å². The first-order chi connectivity index (χ1) is 14.3. The first kappa shape index (κ1) is 20.1. The summed E-state index contributed by atoms with van der Waals surface area (Å²) < 4.78 is 5.51. The highest BCUT2D eigenvalue weighted by Crippen LogP contribution is 2.27. The van der Waals surface area contributed by atoms with E-state index < -0.39 is 23.7 Å². The molecule has 8 nitrogen and oxygen atoms in total. The summed E-state index contributed by atoms with van der Waals surface area (Å²) in [6, 6.07) is 8.20. The molecular weight excluding hydrogens is 412 g/mol. The molecule has 0 radical (unpaired) electrons. The Morgan fingerprint density at radius 1 is 1.13 bits per heavy atom. The van der Waals surface area contributed by atoms with Gasteiger partial charge < -0.3 is 15.2 Å². The number of halogens is 1. The Balaban J connectivity index is 1.57. The van der Waals surface area contributed by atoms with Crippen LogP contribution in [0.5, 0.6) is 0 Å². The van der Waals surface area contributed by atoms with Gasteiger partial charge in [-0.3, -0.25) is 19.3 Å². The van der Waals surface area contributed by atoms with E-state index in [4.69, 9.17) is 16.3 Å². The maximum absolute atomic E-state index is 12.7. The van der Waals surface area contributed by atoms with Crippen molar-refractivity contribution in [3.63, 3.8) is 0 Å². The van der Waals surface area contributed by atoms with Crippen molar-refractivity contribution < 1.29 is 29.0 Å². The van der Waals surface area contributed by atoms with Gasteiger partial charge in [0.1, 0.15) is 0 Å². The van der Waals surface area contributed by atoms with Crippen LogP contribution in [-0.4, -0.2) is 53.0 Å². The molecule has 9 heteroatoms. The van der Waals surface area contributed by atoms with Crippen LogP contribution in [0.2, 0.25) is 5.02 Å². The molecule has 2 aliphatic heterocycles. The smallest absolute Gasteiger partial charge is 0.337 e. The summed E-state index contributed by atoms with van der Waals surface area (Å²) in [6.07, 6.45) is 1.50. The van der Waals surface area contributed by atoms with Crippen molar-refractivity contribution >= 4 is 41.0 Å². The van der Waals surface area contributed by atoms with Crippen molar-refractivity contribution in [1.29, 1.82) is 0 Å². The molecule has 154 valence electrons. The number of nitrogens with zero attached hydrogens (tertiary/aromatic N) is 1. The molecule has 2 N–H and O–H groups in total. The van der Waals surface area contributed by atoms with Crippen LogP contribution >= 0.6 is 11.6 Å². The number of carboxylic acid groups (broad SMARTS) is 1. The normalized spacial score (nSPS) is 17.9. The van der Waals surface area contributed by atoms with Gasteiger partial charge in [-0.1, -0.05) is 11.6 Å². The molecule has 3 amide bonds. The Morgan fingerprint density at radius 3 is 2.60 bits per heavy atom. The number of rotatable bonds is 5. The van der Waals surface area contributed by atoms with E-state index in [0.717, 1.165) is 17.7 Å². The van der Waals surface area contributed by atoms with E-state index in [2.05, 4.69) is 5.32 Å². The van der Waals surface area contributed by atoms with E-state index in [-0.39, 0.29) is 45.6 Å². The molecule has 1 saturated heterocycles. The molecule has 30 heavy (non-hydrogen) atoms. The maximum Gasteiger partial charge on any atom is 0.337 e. The fourth-order valence-corrected chi connectivity index (χ4v) is 3.76. The minimum atomic E-state index is -1.22. The lowest BCUT2D eigenvalue weighted by Crippen LogP contribution is -2.36. The SMILES string of the molecule is O=C(Nc1cc(Cl)ccc1C(=O)O)c1ccc2c(c1)C(=O)N(CC1CCCO1)C2=O. The Hall–Kier alpha value is -3.23. The predicted molar refractivity (Wildman–Crippen MR) is 107 cm³/mol. The number of anilines is 1. The number of benzene rings is 2. The zero-order valence-electron chi connectivity index (χ0n) is 15.7. The van der Waals surface area contributed by atoms with E-state index in [1.165, 1.54) is 36.4 Å². The summed E-state index contributed by atoms with van der Waals surface area (Å²) in [7, 11) is 0. The number of carbonyl (C=O) groups is 4. The Kier molecular flexibility index (Phi) is 5.27. The highest BCUT2D eigenvalue weighted by molar-refractivity contribution is 6.31. The third-order valence-corrected chi connectivity index (χ3v) is 5.34. The number of carboxylic acids is 1. The highest BCUT2D eigenvalue weighted by atomic mass is 35.5. The van der Waals surface area contributed by atoms with Gasteiger partial charge in [0.05, 0.1) is 35.0 Å². The van der Waals surface area contributed by atoms with Crippen molar-refractivity contribution in [2.24, 2.45) is 0 Å². The maximum atomic E-state index is 12.7. The van der Waals surface area contributed by atoms with Gasteiger partial charge in [-0.2, -0.15) is 0 Å². The van der Waals surface area contributed by atoms with E-state index in [1.807, 2.05) is 0 Å². The molecule has 1 atom stereocenters. The van der Waals surface area contributed by atoms with Crippen LogP contribution in [0.3, 0.4) is 0 Å². The van der Waals surface area contributed by atoms with Gasteiger partial charge >= 0.3 is 5.97 Å². The van der Waals surface area contributed by atoms with Crippen molar-refractivity contribution in [3.8, 4) is 0 Å². The molecule has 1 fully saturated rings. The molecule has 0 bridgehead atoms. The Morgan fingerprint density at radius 2 is 1.90 bits per heavy atom. The highest BCUT2D eigenvalue weighted by Gasteiger charge is 2.38. The molecule has 2 aliphatic rings. The third kappa shape index (κ3) is 3.67. The van der Waals surface area contributed by atoms with Crippen LogP contribution < -0.4 is 5.32 Å². The number of imide groups is 1. The average molecular weight is 429 g/mol. The van der Waals surface area contributed by atoms with E-state index in [1.54, 1.807) is 0 Å². The lowest BCUT2D eigenvalue weighted by Gasteiger charge is -2.17. The standard InChI is InChI=1S/C21H17ClN2O6/c22-12-4-6-15(21(28)29)17(9-12)23-18(25)11-3-5-14-16(8-11)20(27)24(19(14)26)10-13-2-1-7-30-13/h3-6,8-9,13H,1-2,7,10H2,(H,23,25)(H,28,29). The number of amides is 3. The fourth-order valence-electron chi connectivity index (χ4n) is 3.59. The van der Waals surface area contributed by atoms with Crippen molar-refractivity contribution in [2.45, 2.75) is 18.9 Å². The number of nitrogens with one attached hydrogen (secondary N) is 1. The number of ether oxygens (including phenoxy) is 1. The second-order valence-corrected chi connectivity index (χ2v) is 7.50. The van der Waals surface area contributed by atoms with Gasteiger partial charge in [0.15, 0.2) is 0 Å². The Bertz CT molecular complexity index is 1080. The third-order valence-electron chi connectivity index (χ3n) is 5.10. The number of carbonyl (C=O) groups excluding carboxylic acids is 3. The first-order valence-corrected chi connectivity index (χ1v) is 9.69. The summed E-state index contributed by atoms with van der Waals surface area (Å²) in [5.41, 5.74) is 0.384. The molecular formula is C21H17ClN2O6. The monoisotopic (exact) mass is 428 g/mol. The molecule has 0 aromatic heterocycles. The van der Waals surface area contributed by atoms with E-state index >= 15 is 0 Å². The second-order valence-electron chi connectivity index (χ2n) is 7.07. The number of hydrogen-bond donors (Lipinski definition) is 2. The molecule has 2 aromatic rings. The quantitative estimate of drug-likeness (QED) is 0.707. The minimum Gasteiger partial charge on any atom is -0.478 e. The van der Waals surface area contributed by atoms with Crippen LogP contribution in [0.4, 0.5) is 5.69 Å². The average Bonchev–Trinajstić information content (AvgIpc) is 3.30. The zero-order chi connectivity index (χ0) is 21.4. The van der Waals surface area contributed by atoms with Gasteiger partial charge in [0.2, 0.25) is 0 Å². The molecule has 2 aromatic carbocycles. The molecule has 0 saturated carbocycles. The summed E-state index contributed by atoms with van der Waals surface area (Å²) >= 11 is 5.91. The topological polar surface area (TPSA) is 113 Å². The van der Waals surface area contributed by atoms with E-state index in [0.29, 0.717) is 6.61 Å². The first-order valence-electron chi connectivity index (χ1n) is 9.31. The lowest BCUT2D eigenvalue weighted by molar-refractivity contribution is 0.0475. The zero-order valence-corrected chi connectivity index (χ0v) is 16.4. The second kappa shape index (κ2) is 7.89. The Labute approximate surface area is 176 Å². The lowest BCUT2D eigenvalue weighted by atomic mass is 10.0.